The van der Waals surface area contributed by atoms with E-state index in [1.807, 2.05) is 30.3 Å². The van der Waals surface area contributed by atoms with Gasteiger partial charge >= 0.3 is 0 Å². The molecule has 2 aromatic carbocycles. The lowest BCUT2D eigenvalue weighted by atomic mass is 10.0. The molecule has 0 aliphatic rings. The Hall–Kier alpha value is -2.92. The maximum absolute atomic E-state index is 6.18. The third kappa shape index (κ3) is 2.94. The van der Waals surface area contributed by atoms with Crippen molar-refractivity contribution in [2.45, 2.75) is 13.8 Å². The Morgan fingerprint density at radius 3 is 2.64 bits per heavy atom. The second kappa shape index (κ2) is 6.18. The molecule has 0 radical (unpaired) electrons. The van der Waals surface area contributed by atoms with Crippen LogP contribution in [0.25, 0.3) is 34.2 Å². The zero-order valence-electron chi connectivity index (χ0n) is 13.7. The zero-order valence-corrected chi connectivity index (χ0v) is 14.5. The van der Waals surface area contributed by atoms with Gasteiger partial charge in [-0.2, -0.15) is 10.1 Å². The van der Waals surface area contributed by atoms with E-state index in [0.29, 0.717) is 22.4 Å². The van der Waals surface area contributed by atoms with Gasteiger partial charge in [0.05, 0.1) is 10.7 Å². The number of aryl methyl sites for hydroxylation is 2. The van der Waals surface area contributed by atoms with Crippen molar-refractivity contribution in [2.75, 3.05) is 0 Å². The van der Waals surface area contributed by atoms with Gasteiger partial charge < -0.3 is 4.52 Å². The van der Waals surface area contributed by atoms with Crippen LogP contribution in [0, 0.1) is 13.8 Å². The van der Waals surface area contributed by atoms with Crippen molar-refractivity contribution < 1.29 is 4.52 Å². The quantitative estimate of drug-likeness (QED) is 0.560. The van der Waals surface area contributed by atoms with E-state index in [1.54, 1.807) is 6.07 Å². The maximum atomic E-state index is 6.18. The first kappa shape index (κ1) is 15.6. The molecule has 0 saturated carbocycles. The van der Waals surface area contributed by atoms with Crippen molar-refractivity contribution in [3.8, 4) is 34.2 Å². The summed E-state index contributed by atoms with van der Waals surface area (Å²) in [5.74, 6) is 0.820. The highest BCUT2D eigenvalue weighted by molar-refractivity contribution is 6.33. The van der Waals surface area contributed by atoms with Crippen LogP contribution in [0.4, 0.5) is 0 Å². The summed E-state index contributed by atoms with van der Waals surface area (Å²) < 4.78 is 5.36. The normalized spacial score (nSPS) is 11.0. The molecule has 0 fully saturated rings. The van der Waals surface area contributed by atoms with Crippen molar-refractivity contribution in [3.05, 3.63) is 64.7 Å². The van der Waals surface area contributed by atoms with E-state index in [-0.39, 0.29) is 0 Å². The maximum Gasteiger partial charge on any atom is 0.276 e. The monoisotopic (exact) mass is 350 g/mol. The number of nitrogens with zero attached hydrogens (tertiary/aromatic N) is 3. The van der Waals surface area contributed by atoms with E-state index >= 15 is 0 Å². The number of aromatic amines is 1. The molecule has 25 heavy (non-hydrogen) atoms. The number of rotatable bonds is 3. The molecular weight excluding hydrogens is 336 g/mol. The lowest BCUT2D eigenvalue weighted by molar-refractivity contribution is 0.431. The standard InChI is InChI=1S/C19H15ClN4O/c1-11-7-8-13(9-12(11)2)16-10-17(23-22-16)19-21-18(24-25-19)14-5-3-4-6-15(14)20/h3-10H,1-2H3,(H,22,23). The first-order chi connectivity index (χ1) is 12.1. The SMILES string of the molecule is Cc1ccc(-c2cc(-c3nc(-c4ccccc4Cl)no3)[nH]n2)cc1C. The highest BCUT2D eigenvalue weighted by atomic mass is 35.5. The predicted octanol–water partition coefficient (Wildman–Crippen LogP) is 5.06. The Balaban J connectivity index is 1.67. The average Bonchev–Trinajstić information content (AvgIpc) is 3.27. The van der Waals surface area contributed by atoms with Crippen LogP contribution in [0.1, 0.15) is 11.1 Å². The van der Waals surface area contributed by atoms with Gasteiger partial charge in [0.2, 0.25) is 5.82 Å². The topological polar surface area (TPSA) is 67.6 Å². The van der Waals surface area contributed by atoms with Crippen LogP contribution in [-0.4, -0.2) is 20.3 Å². The summed E-state index contributed by atoms with van der Waals surface area (Å²) in [5.41, 5.74) is 5.74. The molecule has 0 unspecified atom stereocenters. The largest absolute Gasteiger partial charge is 0.332 e. The second-order valence-corrected chi connectivity index (χ2v) is 6.28. The molecule has 124 valence electrons. The Morgan fingerprint density at radius 1 is 1.00 bits per heavy atom. The van der Waals surface area contributed by atoms with E-state index in [4.69, 9.17) is 16.1 Å². The average molecular weight is 351 g/mol. The molecule has 0 saturated heterocycles. The molecule has 2 heterocycles. The minimum Gasteiger partial charge on any atom is -0.332 e. The molecule has 0 spiro atoms. The van der Waals surface area contributed by atoms with Crippen LogP contribution in [0.2, 0.25) is 5.02 Å². The van der Waals surface area contributed by atoms with Crippen LogP contribution < -0.4 is 0 Å². The van der Waals surface area contributed by atoms with Crippen molar-refractivity contribution in [1.82, 2.24) is 20.3 Å². The summed E-state index contributed by atoms with van der Waals surface area (Å²) in [4.78, 5) is 4.42. The fourth-order valence-electron chi connectivity index (χ4n) is 2.56. The highest BCUT2D eigenvalue weighted by Gasteiger charge is 2.15. The van der Waals surface area contributed by atoms with E-state index in [0.717, 1.165) is 16.8 Å². The summed E-state index contributed by atoms with van der Waals surface area (Å²) >= 11 is 6.18. The molecule has 0 atom stereocenters. The summed E-state index contributed by atoms with van der Waals surface area (Å²) in [6.07, 6.45) is 0. The van der Waals surface area contributed by atoms with Gasteiger partial charge in [-0.3, -0.25) is 5.10 Å². The molecule has 4 rings (SSSR count). The number of halogens is 1. The van der Waals surface area contributed by atoms with Gasteiger partial charge in [-0.05, 0) is 49.2 Å². The number of hydrogen-bond donors (Lipinski definition) is 1. The lowest BCUT2D eigenvalue weighted by Gasteiger charge is -2.01. The first-order valence-corrected chi connectivity index (χ1v) is 8.21. The first-order valence-electron chi connectivity index (χ1n) is 7.84. The lowest BCUT2D eigenvalue weighted by Crippen LogP contribution is -1.83. The van der Waals surface area contributed by atoms with Gasteiger partial charge in [-0.25, -0.2) is 0 Å². The Bertz CT molecular complexity index is 1050. The van der Waals surface area contributed by atoms with E-state index < -0.39 is 0 Å². The molecule has 0 amide bonds. The Labute approximate surface area is 149 Å². The highest BCUT2D eigenvalue weighted by Crippen LogP contribution is 2.28. The Kier molecular flexibility index (Phi) is 3.86. The van der Waals surface area contributed by atoms with Crippen LogP contribution in [0.15, 0.2) is 53.1 Å². The van der Waals surface area contributed by atoms with Crippen molar-refractivity contribution in [3.63, 3.8) is 0 Å². The number of nitrogens with one attached hydrogen (secondary N) is 1. The summed E-state index contributed by atoms with van der Waals surface area (Å²) in [6.45, 7) is 4.17. The number of benzene rings is 2. The smallest absolute Gasteiger partial charge is 0.276 e. The molecule has 2 aromatic heterocycles. The van der Waals surface area contributed by atoms with Gasteiger partial charge in [0, 0.05) is 11.1 Å². The molecule has 0 aliphatic heterocycles. The van der Waals surface area contributed by atoms with Gasteiger partial charge in [-0.1, -0.05) is 41.0 Å². The number of H-pyrrole nitrogens is 1. The number of hydrogen-bond acceptors (Lipinski definition) is 4. The molecule has 6 heteroatoms. The van der Waals surface area contributed by atoms with Gasteiger partial charge in [0.1, 0.15) is 5.69 Å². The van der Waals surface area contributed by atoms with E-state index in [2.05, 4.69) is 46.3 Å². The summed E-state index contributed by atoms with van der Waals surface area (Å²) in [7, 11) is 0. The van der Waals surface area contributed by atoms with Crippen LogP contribution in [0.5, 0.6) is 0 Å². The van der Waals surface area contributed by atoms with Gasteiger partial charge in [-0.15, -0.1) is 0 Å². The third-order valence-electron chi connectivity index (χ3n) is 4.15. The molecule has 1 N–H and O–H groups in total. The summed E-state index contributed by atoms with van der Waals surface area (Å²) in [6, 6.07) is 15.5. The van der Waals surface area contributed by atoms with E-state index in [9.17, 15) is 0 Å². The third-order valence-corrected chi connectivity index (χ3v) is 4.48. The fraction of sp³-hybridized carbons (Fsp3) is 0.105. The second-order valence-electron chi connectivity index (χ2n) is 5.87. The van der Waals surface area contributed by atoms with Crippen LogP contribution >= 0.6 is 11.6 Å². The molecular formula is C19H15ClN4O. The Morgan fingerprint density at radius 2 is 1.84 bits per heavy atom. The summed E-state index contributed by atoms with van der Waals surface area (Å²) in [5, 5.41) is 11.9. The minimum atomic E-state index is 0.373. The minimum absolute atomic E-state index is 0.373. The van der Waals surface area contributed by atoms with Crippen LogP contribution in [0.3, 0.4) is 0 Å². The van der Waals surface area contributed by atoms with Crippen molar-refractivity contribution >= 4 is 11.6 Å². The molecule has 5 nitrogen and oxygen atoms in total. The fourth-order valence-corrected chi connectivity index (χ4v) is 2.78. The number of aromatic nitrogens is 4. The molecule has 4 aromatic rings. The van der Waals surface area contributed by atoms with Crippen molar-refractivity contribution in [1.29, 1.82) is 0 Å². The molecule has 0 bridgehead atoms. The van der Waals surface area contributed by atoms with Gasteiger partial charge in [0.25, 0.3) is 5.89 Å². The predicted molar refractivity (Wildman–Crippen MR) is 97.2 cm³/mol. The molecule has 0 aliphatic carbocycles. The van der Waals surface area contributed by atoms with Crippen molar-refractivity contribution in [2.24, 2.45) is 0 Å². The van der Waals surface area contributed by atoms with E-state index in [1.165, 1.54) is 11.1 Å². The zero-order chi connectivity index (χ0) is 17.4. The van der Waals surface area contributed by atoms with Gasteiger partial charge in [0.15, 0.2) is 0 Å². The van der Waals surface area contributed by atoms with Crippen LogP contribution in [-0.2, 0) is 0 Å².